The van der Waals surface area contributed by atoms with Crippen molar-refractivity contribution in [2.75, 3.05) is 16.8 Å². The first-order valence-corrected chi connectivity index (χ1v) is 7.58. The van der Waals surface area contributed by atoms with E-state index < -0.39 is 5.91 Å². The predicted octanol–water partition coefficient (Wildman–Crippen LogP) is 2.16. The molecule has 2 rings (SSSR count). The van der Waals surface area contributed by atoms with Crippen molar-refractivity contribution in [3.8, 4) is 0 Å². The average Bonchev–Trinajstić information content (AvgIpc) is 2.86. The average molecular weight is 307 g/mol. The monoisotopic (exact) mass is 307 g/mol. The van der Waals surface area contributed by atoms with Crippen LogP contribution in [0.3, 0.4) is 0 Å². The Morgan fingerprint density at radius 1 is 1.20 bits per heavy atom. The molecule has 0 atom stereocenters. The standard InChI is InChI=1S/C13H13N3O2S2/c14-8-1-3-9(4-2-8)20-7-11(17)16-13-10(12(15)18)5-6-19-13/h1-6H,7,14H2,(H2,15,18)(H,16,17). The van der Waals surface area contributed by atoms with Gasteiger partial charge < -0.3 is 16.8 Å². The molecule has 1 aromatic heterocycles. The second-order valence-electron chi connectivity index (χ2n) is 3.93. The Morgan fingerprint density at radius 2 is 1.90 bits per heavy atom. The van der Waals surface area contributed by atoms with E-state index in [9.17, 15) is 9.59 Å². The third-order valence-electron chi connectivity index (χ3n) is 2.43. The molecule has 0 fully saturated rings. The van der Waals surface area contributed by atoms with Crippen LogP contribution in [-0.2, 0) is 4.79 Å². The minimum absolute atomic E-state index is 0.184. The number of anilines is 2. The zero-order valence-corrected chi connectivity index (χ0v) is 12.1. The van der Waals surface area contributed by atoms with Gasteiger partial charge in [0.2, 0.25) is 5.91 Å². The molecular weight excluding hydrogens is 294 g/mol. The van der Waals surface area contributed by atoms with Gasteiger partial charge in [0.1, 0.15) is 5.00 Å². The number of nitrogens with one attached hydrogen (secondary N) is 1. The third-order valence-corrected chi connectivity index (χ3v) is 4.28. The van der Waals surface area contributed by atoms with Gasteiger partial charge in [0.05, 0.1) is 11.3 Å². The quantitative estimate of drug-likeness (QED) is 0.582. The summed E-state index contributed by atoms with van der Waals surface area (Å²) in [6, 6.07) is 8.87. The van der Waals surface area contributed by atoms with Gasteiger partial charge in [-0.15, -0.1) is 23.1 Å². The van der Waals surface area contributed by atoms with E-state index in [-0.39, 0.29) is 11.7 Å². The number of thiophene rings is 1. The summed E-state index contributed by atoms with van der Waals surface area (Å²) < 4.78 is 0. The smallest absolute Gasteiger partial charge is 0.251 e. The maximum absolute atomic E-state index is 11.8. The van der Waals surface area contributed by atoms with Crippen molar-refractivity contribution in [1.82, 2.24) is 0 Å². The minimum Gasteiger partial charge on any atom is -0.399 e. The Labute approximate surface area is 124 Å². The number of thioether (sulfide) groups is 1. The lowest BCUT2D eigenvalue weighted by Crippen LogP contribution is -2.17. The third kappa shape index (κ3) is 3.75. The number of carbonyl (C=O) groups excluding carboxylic acids is 2. The molecule has 7 heteroatoms. The lowest BCUT2D eigenvalue weighted by molar-refractivity contribution is -0.113. The number of nitrogen functional groups attached to an aromatic ring is 1. The van der Waals surface area contributed by atoms with E-state index in [4.69, 9.17) is 11.5 Å². The van der Waals surface area contributed by atoms with Crippen molar-refractivity contribution < 1.29 is 9.59 Å². The first-order valence-electron chi connectivity index (χ1n) is 5.72. The summed E-state index contributed by atoms with van der Waals surface area (Å²) >= 11 is 2.67. The van der Waals surface area contributed by atoms with Crippen LogP contribution >= 0.6 is 23.1 Å². The van der Waals surface area contributed by atoms with Gasteiger partial charge in [0.25, 0.3) is 5.91 Å². The second kappa shape index (κ2) is 6.44. The molecule has 104 valence electrons. The van der Waals surface area contributed by atoms with Crippen LogP contribution in [0.1, 0.15) is 10.4 Å². The summed E-state index contributed by atoms with van der Waals surface area (Å²) in [6.07, 6.45) is 0. The van der Waals surface area contributed by atoms with E-state index >= 15 is 0 Å². The molecule has 0 aliphatic rings. The molecule has 0 aliphatic carbocycles. The van der Waals surface area contributed by atoms with Crippen LogP contribution in [0.4, 0.5) is 10.7 Å². The molecule has 1 aromatic carbocycles. The van der Waals surface area contributed by atoms with Crippen LogP contribution in [0.25, 0.3) is 0 Å². The van der Waals surface area contributed by atoms with E-state index in [0.29, 0.717) is 16.3 Å². The normalized spacial score (nSPS) is 10.2. The number of hydrogen-bond acceptors (Lipinski definition) is 5. The maximum atomic E-state index is 11.8. The van der Waals surface area contributed by atoms with Crippen LogP contribution < -0.4 is 16.8 Å². The van der Waals surface area contributed by atoms with Crippen LogP contribution in [0.5, 0.6) is 0 Å². The van der Waals surface area contributed by atoms with Gasteiger partial charge in [0.15, 0.2) is 0 Å². The summed E-state index contributed by atoms with van der Waals surface area (Å²) in [7, 11) is 0. The summed E-state index contributed by atoms with van der Waals surface area (Å²) in [4.78, 5) is 23.9. The Kier molecular flexibility index (Phi) is 4.65. The van der Waals surface area contributed by atoms with Crippen LogP contribution in [0, 0.1) is 0 Å². The highest BCUT2D eigenvalue weighted by Gasteiger charge is 2.12. The molecule has 1 heterocycles. The molecule has 0 radical (unpaired) electrons. The fourth-order valence-electron chi connectivity index (χ4n) is 1.48. The zero-order valence-electron chi connectivity index (χ0n) is 10.5. The van der Waals surface area contributed by atoms with E-state index in [0.717, 1.165) is 4.90 Å². The first kappa shape index (κ1) is 14.4. The molecule has 5 nitrogen and oxygen atoms in total. The lowest BCUT2D eigenvalue weighted by Gasteiger charge is -2.05. The highest BCUT2D eigenvalue weighted by molar-refractivity contribution is 8.00. The van der Waals surface area contributed by atoms with Crippen molar-refractivity contribution in [3.05, 3.63) is 41.3 Å². The largest absolute Gasteiger partial charge is 0.399 e. The first-order chi connectivity index (χ1) is 9.56. The highest BCUT2D eigenvalue weighted by atomic mass is 32.2. The molecule has 5 N–H and O–H groups in total. The molecule has 20 heavy (non-hydrogen) atoms. The van der Waals surface area contributed by atoms with E-state index in [1.165, 1.54) is 23.1 Å². The molecule has 0 saturated carbocycles. The molecular formula is C13H13N3O2S2. The molecule has 0 spiro atoms. The Hall–Kier alpha value is -1.99. The van der Waals surface area contributed by atoms with Gasteiger partial charge in [-0.25, -0.2) is 0 Å². The number of hydrogen-bond donors (Lipinski definition) is 3. The van der Waals surface area contributed by atoms with Crippen molar-refractivity contribution in [2.45, 2.75) is 4.90 Å². The van der Waals surface area contributed by atoms with E-state index in [2.05, 4.69) is 5.32 Å². The van der Waals surface area contributed by atoms with Gasteiger partial charge in [-0.3, -0.25) is 9.59 Å². The molecule has 0 aliphatic heterocycles. The van der Waals surface area contributed by atoms with Gasteiger partial charge in [-0.2, -0.15) is 0 Å². The molecule has 2 aromatic rings. The highest BCUT2D eigenvalue weighted by Crippen LogP contribution is 2.24. The fraction of sp³-hybridized carbons (Fsp3) is 0.0769. The number of carbonyl (C=O) groups is 2. The number of primary amides is 1. The van der Waals surface area contributed by atoms with Crippen LogP contribution in [-0.4, -0.2) is 17.6 Å². The summed E-state index contributed by atoms with van der Waals surface area (Å²) in [5.41, 5.74) is 11.8. The Balaban J connectivity index is 1.91. The van der Waals surface area contributed by atoms with E-state index in [1.54, 1.807) is 23.6 Å². The number of nitrogens with two attached hydrogens (primary N) is 2. The predicted molar refractivity (Wildman–Crippen MR) is 83.0 cm³/mol. The van der Waals surface area contributed by atoms with Gasteiger partial charge in [-0.05, 0) is 35.7 Å². The van der Waals surface area contributed by atoms with Crippen LogP contribution in [0.2, 0.25) is 0 Å². The lowest BCUT2D eigenvalue weighted by atomic mass is 10.3. The molecule has 2 amide bonds. The molecule has 0 bridgehead atoms. The van der Waals surface area contributed by atoms with Crippen molar-refractivity contribution in [2.24, 2.45) is 5.73 Å². The Bertz CT molecular complexity index is 623. The SMILES string of the molecule is NC(=O)c1ccsc1NC(=O)CSc1ccc(N)cc1. The van der Waals surface area contributed by atoms with Crippen molar-refractivity contribution >= 4 is 45.6 Å². The van der Waals surface area contributed by atoms with Gasteiger partial charge in [0, 0.05) is 10.6 Å². The number of amides is 2. The van der Waals surface area contributed by atoms with Crippen molar-refractivity contribution in [3.63, 3.8) is 0 Å². The van der Waals surface area contributed by atoms with Gasteiger partial charge in [-0.1, -0.05) is 0 Å². The Morgan fingerprint density at radius 3 is 2.55 bits per heavy atom. The number of benzene rings is 1. The second-order valence-corrected chi connectivity index (χ2v) is 5.90. The van der Waals surface area contributed by atoms with Crippen molar-refractivity contribution in [1.29, 1.82) is 0 Å². The molecule has 0 unspecified atom stereocenters. The minimum atomic E-state index is -0.548. The zero-order chi connectivity index (χ0) is 14.5. The summed E-state index contributed by atoms with van der Waals surface area (Å²) in [5.74, 6) is -0.482. The molecule has 0 saturated heterocycles. The number of rotatable bonds is 5. The van der Waals surface area contributed by atoms with Gasteiger partial charge >= 0.3 is 0 Å². The maximum Gasteiger partial charge on any atom is 0.251 e. The summed E-state index contributed by atoms with van der Waals surface area (Å²) in [6.45, 7) is 0. The van der Waals surface area contributed by atoms with E-state index in [1.807, 2.05) is 12.1 Å². The summed E-state index contributed by atoms with van der Waals surface area (Å²) in [5, 5.41) is 4.88. The fourth-order valence-corrected chi connectivity index (χ4v) is 2.98. The van der Waals surface area contributed by atoms with Crippen LogP contribution in [0.15, 0.2) is 40.6 Å². The topological polar surface area (TPSA) is 98.2 Å².